The summed E-state index contributed by atoms with van der Waals surface area (Å²) in [4.78, 5) is 11.2. The van der Waals surface area contributed by atoms with E-state index in [-0.39, 0.29) is 12.4 Å². The Bertz CT molecular complexity index is 796. The van der Waals surface area contributed by atoms with Crippen molar-refractivity contribution in [2.24, 2.45) is 0 Å². The van der Waals surface area contributed by atoms with E-state index in [9.17, 15) is 0 Å². The van der Waals surface area contributed by atoms with Crippen LogP contribution in [-0.4, -0.2) is 46.2 Å². The number of rotatable bonds is 5. The largest absolute Gasteiger partial charge is 0.339 e. The van der Waals surface area contributed by atoms with Crippen LogP contribution in [-0.2, 0) is 6.42 Å². The van der Waals surface area contributed by atoms with Crippen LogP contribution < -0.4 is 5.32 Å². The zero-order valence-electron chi connectivity index (χ0n) is 14.4. The van der Waals surface area contributed by atoms with E-state index in [1.54, 1.807) is 0 Å². The number of nitrogens with one attached hydrogen (secondary N) is 1. The van der Waals surface area contributed by atoms with Gasteiger partial charge in [-0.05, 0) is 11.6 Å². The van der Waals surface area contributed by atoms with Crippen LogP contribution in [0, 0.1) is 0 Å². The van der Waals surface area contributed by atoms with Crippen LogP contribution >= 0.6 is 12.4 Å². The summed E-state index contributed by atoms with van der Waals surface area (Å²) in [6.45, 7) is 3.82. The second kappa shape index (κ2) is 8.89. The molecule has 0 spiro atoms. The van der Waals surface area contributed by atoms with Gasteiger partial charge in [0.25, 0.3) is 0 Å². The van der Waals surface area contributed by atoms with Gasteiger partial charge in [0.1, 0.15) is 0 Å². The fraction of sp³-hybridized carbons (Fsp3) is 0.316. The molecule has 1 saturated heterocycles. The predicted octanol–water partition coefficient (Wildman–Crippen LogP) is 2.74. The maximum Gasteiger partial charge on any atom is 0.228 e. The first-order valence-electron chi connectivity index (χ1n) is 8.63. The van der Waals surface area contributed by atoms with E-state index in [0.29, 0.717) is 17.8 Å². The minimum Gasteiger partial charge on any atom is -0.339 e. The van der Waals surface area contributed by atoms with E-state index < -0.39 is 0 Å². The number of nitrogens with zero attached hydrogens (tertiary/aromatic N) is 4. The van der Waals surface area contributed by atoms with Crippen molar-refractivity contribution in [1.82, 2.24) is 25.3 Å². The van der Waals surface area contributed by atoms with Crippen molar-refractivity contribution >= 4 is 12.4 Å². The first-order valence-corrected chi connectivity index (χ1v) is 8.63. The lowest BCUT2D eigenvalue weighted by atomic mass is 10.1. The molecular weight excluding hydrogens is 350 g/mol. The molecule has 0 bridgehead atoms. The Morgan fingerprint density at radius 1 is 1.15 bits per heavy atom. The Morgan fingerprint density at radius 2 is 2.04 bits per heavy atom. The van der Waals surface area contributed by atoms with E-state index in [4.69, 9.17) is 4.52 Å². The van der Waals surface area contributed by atoms with Gasteiger partial charge >= 0.3 is 0 Å². The minimum atomic E-state index is 0. The van der Waals surface area contributed by atoms with Gasteiger partial charge in [0.05, 0.1) is 0 Å². The molecule has 0 saturated carbocycles. The number of hydrogen-bond donors (Lipinski definition) is 1. The van der Waals surface area contributed by atoms with E-state index in [1.807, 2.05) is 48.8 Å². The van der Waals surface area contributed by atoms with E-state index >= 15 is 0 Å². The summed E-state index contributed by atoms with van der Waals surface area (Å²) in [6, 6.07) is 14.4. The topological polar surface area (TPSA) is 67.1 Å². The van der Waals surface area contributed by atoms with Gasteiger partial charge in [-0.25, -0.2) is 0 Å². The summed E-state index contributed by atoms with van der Waals surface area (Å²) < 4.78 is 5.44. The summed E-state index contributed by atoms with van der Waals surface area (Å²) in [5.41, 5.74) is 2.22. The normalized spacial score (nSPS) is 17.6. The third-order valence-corrected chi connectivity index (χ3v) is 4.54. The maximum absolute atomic E-state index is 5.44. The molecule has 136 valence electrons. The van der Waals surface area contributed by atoms with Gasteiger partial charge in [-0.3, -0.25) is 9.88 Å². The number of hydrogen-bond acceptors (Lipinski definition) is 6. The first kappa shape index (κ1) is 18.5. The van der Waals surface area contributed by atoms with Crippen molar-refractivity contribution in [2.45, 2.75) is 12.5 Å². The molecule has 26 heavy (non-hydrogen) atoms. The molecule has 1 fully saturated rings. The van der Waals surface area contributed by atoms with Gasteiger partial charge in [0, 0.05) is 56.6 Å². The molecule has 1 aliphatic rings. The van der Waals surface area contributed by atoms with Crippen LogP contribution in [0.15, 0.2) is 59.4 Å². The van der Waals surface area contributed by atoms with Crippen LogP contribution in [0.25, 0.3) is 11.4 Å². The van der Waals surface area contributed by atoms with Crippen LogP contribution in [0.2, 0.25) is 0 Å². The Balaban J connectivity index is 0.00000196. The quantitative estimate of drug-likeness (QED) is 0.743. The average Bonchev–Trinajstić information content (AvgIpc) is 3.17. The maximum atomic E-state index is 5.44. The number of pyridine rings is 1. The van der Waals surface area contributed by atoms with Gasteiger partial charge in [-0.15, -0.1) is 12.4 Å². The molecule has 1 aliphatic heterocycles. The van der Waals surface area contributed by atoms with E-state index in [2.05, 4.69) is 31.4 Å². The Kier molecular flexibility index (Phi) is 6.33. The lowest BCUT2D eigenvalue weighted by molar-refractivity contribution is 0.159. The van der Waals surface area contributed by atoms with Crippen LogP contribution in [0.3, 0.4) is 0 Å². The highest BCUT2D eigenvalue weighted by molar-refractivity contribution is 5.85. The minimum absolute atomic E-state index is 0. The molecule has 3 heterocycles. The molecule has 1 aromatic carbocycles. The number of piperazine rings is 1. The fourth-order valence-corrected chi connectivity index (χ4v) is 3.22. The van der Waals surface area contributed by atoms with Crippen molar-refractivity contribution in [3.8, 4) is 11.4 Å². The molecule has 2 aromatic heterocycles. The van der Waals surface area contributed by atoms with Gasteiger partial charge in [-0.2, -0.15) is 4.98 Å². The van der Waals surface area contributed by atoms with Crippen LogP contribution in [0.5, 0.6) is 0 Å². The molecule has 0 radical (unpaired) electrons. The van der Waals surface area contributed by atoms with Crippen molar-refractivity contribution in [1.29, 1.82) is 0 Å². The average molecular weight is 372 g/mol. The van der Waals surface area contributed by atoms with E-state index in [1.165, 1.54) is 5.56 Å². The lowest BCUT2D eigenvalue weighted by Gasteiger charge is -2.36. The smallest absolute Gasteiger partial charge is 0.228 e. The second-order valence-corrected chi connectivity index (χ2v) is 6.17. The standard InChI is InChI=1S/C19H21N5O.ClH/c1-2-5-15(6-3-1)19-22-18(25-23-19)8-11-24-12-10-21-14-17(24)16-7-4-9-20-13-16;/h1-7,9,13,17,21H,8,10-12,14H2;1H. The number of halogens is 1. The third kappa shape index (κ3) is 4.27. The molecule has 7 heteroatoms. The van der Waals surface area contributed by atoms with E-state index in [0.717, 1.165) is 38.2 Å². The SMILES string of the molecule is Cl.c1ccc(-c2noc(CCN3CCNCC3c3cccnc3)n2)cc1. The lowest BCUT2D eigenvalue weighted by Crippen LogP contribution is -2.46. The first-order chi connectivity index (χ1) is 12.4. The summed E-state index contributed by atoms with van der Waals surface area (Å²) in [6.07, 6.45) is 4.51. The van der Waals surface area contributed by atoms with Crippen molar-refractivity contribution in [2.75, 3.05) is 26.2 Å². The summed E-state index contributed by atoms with van der Waals surface area (Å²) in [7, 11) is 0. The molecule has 4 rings (SSSR count). The molecule has 0 aliphatic carbocycles. The van der Waals surface area contributed by atoms with Crippen molar-refractivity contribution < 1.29 is 4.52 Å². The highest BCUT2D eigenvalue weighted by atomic mass is 35.5. The highest BCUT2D eigenvalue weighted by Crippen LogP contribution is 2.22. The Morgan fingerprint density at radius 3 is 2.85 bits per heavy atom. The van der Waals surface area contributed by atoms with Crippen LogP contribution in [0.4, 0.5) is 0 Å². The predicted molar refractivity (Wildman–Crippen MR) is 102 cm³/mol. The second-order valence-electron chi connectivity index (χ2n) is 6.17. The molecule has 6 nitrogen and oxygen atoms in total. The zero-order chi connectivity index (χ0) is 16.9. The Hall–Kier alpha value is -2.28. The number of benzene rings is 1. The van der Waals surface area contributed by atoms with Crippen LogP contribution in [0.1, 0.15) is 17.5 Å². The van der Waals surface area contributed by atoms with Gasteiger partial charge < -0.3 is 9.84 Å². The molecule has 1 N–H and O–H groups in total. The molecular formula is C19H22ClN5O. The Labute approximate surface area is 159 Å². The van der Waals surface area contributed by atoms with Crippen molar-refractivity contribution in [3.63, 3.8) is 0 Å². The summed E-state index contributed by atoms with van der Waals surface area (Å²) in [5.74, 6) is 1.34. The fourth-order valence-electron chi connectivity index (χ4n) is 3.22. The van der Waals surface area contributed by atoms with Gasteiger partial charge in [0.15, 0.2) is 0 Å². The summed E-state index contributed by atoms with van der Waals surface area (Å²) >= 11 is 0. The molecule has 3 aromatic rings. The van der Waals surface area contributed by atoms with Gasteiger partial charge in [-0.1, -0.05) is 41.6 Å². The monoisotopic (exact) mass is 371 g/mol. The molecule has 1 atom stereocenters. The highest BCUT2D eigenvalue weighted by Gasteiger charge is 2.24. The molecule has 1 unspecified atom stereocenters. The summed E-state index contributed by atoms with van der Waals surface area (Å²) in [5, 5.41) is 7.57. The zero-order valence-corrected chi connectivity index (χ0v) is 15.2. The molecule has 0 amide bonds. The van der Waals surface area contributed by atoms with Gasteiger partial charge in [0.2, 0.25) is 11.7 Å². The number of aromatic nitrogens is 3. The van der Waals surface area contributed by atoms with Crippen molar-refractivity contribution in [3.05, 3.63) is 66.3 Å². The third-order valence-electron chi connectivity index (χ3n) is 4.54.